The Morgan fingerprint density at radius 3 is 2.73 bits per heavy atom. The third-order valence-electron chi connectivity index (χ3n) is 4.52. The number of aliphatic imine (C=N–C) groups is 1. The maximum atomic E-state index is 12.4. The van der Waals surface area contributed by atoms with Crippen molar-refractivity contribution in [3.63, 3.8) is 0 Å². The number of nitrogens with one attached hydrogen (secondary N) is 1. The van der Waals surface area contributed by atoms with Crippen molar-refractivity contribution in [1.29, 1.82) is 5.41 Å². The molecule has 0 spiro atoms. The molecule has 0 atom stereocenters. The van der Waals surface area contributed by atoms with Gasteiger partial charge in [-0.05, 0) is 61.9 Å². The van der Waals surface area contributed by atoms with Crippen molar-refractivity contribution < 1.29 is 4.79 Å². The largest absolute Gasteiger partial charge is 0.318 e. The minimum atomic E-state index is -0.403. The third-order valence-corrected chi connectivity index (χ3v) is 5.20. The van der Waals surface area contributed by atoms with Crippen molar-refractivity contribution in [3.05, 3.63) is 58.4 Å². The second-order valence-corrected chi connectivity index (χ2v) is 7.02. The lowest BCUT2D eigenvalue weighted by Gasteiger charge is -2.20. The Labute approximate surface area is 155 Å². The van der Waals surface area contributed by atoms with Crippen LogP contribution in [0.1, 0.15) is 22.5 Å². The Morgan fingerprint density at radius 1 is 1.19 bits per heavy atom. The van der Waals surface area contributed by atoms with E-state index in [1.807, 2.05) is 32.0 Å². The molecule has 1 aromatic carbocycles. The fourth-order valence-corrected chi connectivity index (χ4v) is 3.82. The monoisotopic (exact) mass is 363 g/mol. The third kappa shape index (κ3) is 2.52. The van der Waals surface area contributed by atoms with Crippen LogP contribution in [0.15, 0.2) is 46.0 Å². The predicted octanol–water partition coefficient (Wildman–Crippen LogP) is 3.65. The molecule has 0 fully saturated rings. The first-order valence-corrected chi connectivity index (χ1v) is 9.03. The Hall–Kier alpha value is -2.93. The molecular formula is C19H17N5OS. The first kappa shape index (κ1) is 16.5. The number of carbonyl (C=O) groups is 1. The Kier molecular flexibility index (Phi) is 3.88. The number of carbonyl (C=O) groups excluding carboxylic acids is 1. The maximum absolute atomic E-state index is 12.4. The van der Waals surface area contributed by atoms with Gasteiger partial charge in [0.05, 0.1) is 11.1 Å². The lowest BCUT2D eigenvalue weighted by Crippen LogP contribution is -2.35. The number of amides is 1. The number of benzene rings is 1. The van der Waals surface area contributed by atoms with Crippen LogP contribution in [0.25, 0.3) is 11.8 Å². The summed E-state index contributed by atoms with van der Waals surface area (Å²) in [5.74, 6) is -0.345. The van der Waals surface area contributed by atoms with Gasteiger partial charge in [-0.15, -0.1) is 0 Å². The van der Waals surface area contributed by atoms with Crippen LogP contribution in [-0.2, 0) is 4.79 Å². The van der Waals surface area contributed by atoms with Crippen LogP contribution in [0.4, 0.5) is 0 Å². The number of thioether (sulfide) groups is 1. The molecule has 0 aliphatic carbocycles. The SMILES string of the molecule is Cc1ccccc1-n1c(C)cc(/C=C2/C(=N)N3N=CSC3=NC2=O)c1C. The molecule has 0 bridgehead atoms. The molecule has 26 heavy (non-hydrogen) atoms. The van der Waals surface area contributed by atoms with Crippen molar-refractivity contribution >= 4 is 40.3 Å². The van der Waals surface area contributed by atoms with Crippen LogP contribution in [0.5, 0.6) is 0 Å². The average Bonchev–Trinajstić information content (AvgIpc) is 3.17. The van der Waals surface area contributed by atoms with E-state index < -0.39 is 5.91 Å². The zero-order valence-corrected chi connectivity index (χ0v) is 15.5. The average molecular weight is 363 g/mol. The van der Waals surface area contributed by atoms with Crippen molar-refractivity contribution in [3.8, 4) is 5.69 Å². The van der Waals surface area contributed by atoms with Gasteiger partial charge in [0, 0.05) is 17.1 Å². The van der Waals surface area contributed by atoms with E-state index in [1.165, 1.54) is 22.3 Å². The molecule has 1 amide bonds. The Bertz CT molecular complexity index is 1040. The van der Waals surface area contributed by atoms with Crippen molar-refractivity contribution in [2.75, 3.05) is 0 Å². The lowest BCUT2D eigenvalue weighted by molar-refractivity contribution is -0.114. The summed E-state index contributed by atoms with van der Waals surface area (Å²) in [5.41, 5.74) is 7.09. The molecule has 2 aromatic rings. The number of rotatable bonds is 2. The number of fused-ring (bicyclic) bond motifs is 1. The normalized spacial score (nSPS) is 17.9. The van der Waals surface area contributed by atoms with Gasteiger partial charge in [-0.1, -0.05) is 18.2 Å². The van der Waals surface area contributed by atoms with Crippen LogP contribution in [0.3, 0.4) is 0 Å². The van der Waals surface area contributed by atoms with Crippen LogP contribution in [-0.4, -0.2) is 32.0 Å². The van der Waals surface area contributed by atoms with Gasteiger partial charge in [0.2, 0.25) is 0 Å². The molecule has 3 heterocycles. The highest BCUT2D eigenvalue weighted by molar-refractivity contribution is 8.25. The molecule has 1 N–H and O–H groups in total. The summed E-state index contributed by atoms with van der Waals surface area (Å²) in [6, 6.07) is 10.2. The number of hydrogen-bond acceptors (Lipinski definition) is 4. The molecule has 1 aromatic heterocycles. The standard InChI is InChI=1S/C19H17N5OS/c1-11-6-4-5-7-16(11)23-12(2)8-14(13(23)3)9-15-17(20)24-19(22-18(15)25)26-10-21-24/h4-10,20H,1-3H3/b15-9-,20-17?. The fourth-order valence-electron chi connectivity index (χ4n) is 3.21. The molecular weight excluding hydrogens is 346 g/mol. The second kappa shape index (κ2) is 6.10. The topological polar surface area (TPSA) is 73.8 Å². The summed E-state index contributed by atoms with van der Waals surface area (Å²) in [4.78, 5) is 16.4. The van der Waals surface area contributed by atoms with Gasteiger partial charge < -0.3 is 4.57 Å². The zero-order chi connectivity index (χ0) is 18.4. The number of para-hydroxylation sites is 1. The predicted molar refractivity (Wildman–Crippen MR) is 106 cm³/mol. The van der Waals surface area contributed by atoms with E-state index in [9.17, 15) is 4.79 Å². The van der Waals surface area contributed by atoms with E-state index >= 15 is 0 Å². The van der Waals surface area contributed by atoms with Gasteiger partial charge in [-0.3, -0.25) is 10.2 Å². The van der Waals surface area contributed by atoms with Gasteiger partial charge in [0.25, 0.3) is 5.91 Å². The van der Waals surface area contributed by atoms with Crippen LogP contribution < -0.4 is 0 Å². The van der Waals surface area contributed by atoms with E-state index in [0.29, 0.717) is 5.17 Å². The van der Waals surface area contributed by atoms with E-state index in [2.05, 4.69) is 33.7 Å². The molecule has 0 unspecified atom stereocenters. The van der Waals surface area contributed by atoms with Crippen molar-refractivity contribution in [2.45, 2.75) is 20.8 Å². The number of aromatic nitrogens is 1. The number of amidine groups is 2. The molecule has 2 aliphatic heterocycles. The van der Waals surface area contributed by atoms with Crippen LogP contribution >= 0.6 is 11.8 Å². The van der Waals surface area contributed by atoms with E-state index in [0.717, 1.165) is 22.6 Å². The lowest BCUT2D eigenvalue weighted by atomic mass is 10.1. The first-order valence-electron chi connectivity index (χ1n) is 8.15. The van der Waals surface area contributed by atoms with Gasteiger partial charge in [-0.2, -0.15) is 15.1 Å². The minimum Gasteiger partial charge on any atom is -0.318 e. The number of nitrogens with zero attached hydrogens (tertiary/aromatic N) is 4. The summed E-state index contributed by atoms with van der Waals surface area (Å²) in [6.45, 7) is 6.13. The van der Waals surface area contributed by atoms with Gasteiger partial charge >= 0.3 is 0 Å². The summed E-state index contributed by atoms with van der Waals surface area (Å²) < 4.78 is 2.16. The van der Waals surface area contributed by atoms with Gasteiger partial charge in [0.15, 0.2) is 11.0 Å². The Balaban J connectivity index is 1.81. The first-order chi connectivity index (χ1) is 12.5. The quantitative estimate of drug-likeness (QED) is 0.828. The molecule has 4 rings (SSSR count). The van der Waals surface area contributed by atoms with Gasteiger partial charge in [-0.25, -0.2) is 0 Å². The second-order valence-electron chi connectivity index (χ2n) is 6.21. The van der Waals surface area contributed by atoms with Gasteiger partial charge in [0.1, 0.15) is 0 Å². The molecule has 0 saturated heterocycles. The summed E-state index contributed by atoms with van der Waals surface area (Å²) in [5, 5.41) is 14.2. The molecule has 7 heteroatoms. The molecule has 0 radical (unpaired) electrons. The van der Waals surface area contributed by atoms with Crippen LogP contribution in [0.2, 0.25) is 0 Å². The summed E-state index contributed by atoms with van der Waals surface area (Å²) in [6.07, 6.45) is 1.74. The summed E-state index contributed by atoms with van der Waals surface area (Å²) >= 11 is 1.24. The van der Waals surface area contributed by atoms with E-state index in [-0.39, 0.29) is 11.4 Å². The smallest absolute Gasteiger partial charge is 0.283 e. The van der Waals surface area contributed by atoms with Crippen molar-refractivity contribution in [1.82, 2.24) is 9.58 Å². The van der Waals surface area contributed by atoms with E-state index in [1.54, 1.807) is 11.6 Å². The maximum Gasteiger partial charge on any atom is 0.283 e. The zero-order valence-electron chi connectivity index (χ0n) is 14.6. The highest BCUT2D eigenvalue weighted by atomic mass is 32.2. The highest BCUT2D eigenvalue weighted by Crippen LogP contribution is 2.28. The molecule has 2 aliphatic rings. The number of hydrogen-bond donors (Lipinski definition) is 1. The Morgan fingerprint density at radius 2 is 1.96 bits per heavy atom. The van der Waals surface area contributed by atoms with Crippen molar-refractivity contribution in [2.24, 2.45) is 10.1 Å². The molecule has 130 valence electrons. The number of aryl methyl sites for hydroxylation is 2. The van der Waals surface area contributed by atoms with E-state index in [4.69, 9.17) is 5.41 Å². The highest BCUT2D eigenvalue weighted by Gasteiger charge is 2.32. The number of hydrazone groups is 1. The van der Waals surface area contributed by atoms with Crippen LogP contribution in [0, 0.1) is 26.2 Å². The minimum absolute atomic E-state index is 0.0574. The molecule has 6 nitrogen and oxygen atoms in total. The molecule has 0 saturated carbocycles. The fraction of sp³-hybridized carbons (Fsp3) is 0.158. The summed E-state index contributed by atoms with van der Waals surface area (Å²) in [7, 11) is 0.